The molecule has 0 aliphatic carbocycles. The monoisotopic (exact) mass is 387 g/mol. The number of nitrogens with one attached hydrogen (secondary N) is 1. The maximum Gasteiger partial charge on any atom is 0.193 e. The van der Waals surface area contributed by atoms with Gasteiger partial charge in [0, 0.05) is 39.7 Å². The first-order chi connectivity index (χ1) is 13.8. The van der Waals surface area contributed by atoms with E-state index in [0.717, 1.165) is 83.3 Å². The normalized spacial score (nSPS) is 23.0. The minimum atomic E-state index is 0.318. The molecular formula is C22H33N3O3. The Labute approximate surface area is 168 Å². The van der Waals surface area contributed by atoms with Crippen molar-refractivity contribution in [1.29, 1.82) is 0 Å². The number of hydrogen-bond acceptors (Lipinski definition) is 4. The van der Waals surface area contributed by atoms with Gasteiger partial charge in [0.05, 0.1) is 25.4 Å². The van der Waals surface area contributed by atoms with Gasteiger partial charge in [-0.25, -0.2) is 0 Å². The average Bonchev–Trinajstić information content (AvgIpc) is 3.41. The summed E-state index contributed by atoms with van der Waals surface area (Å²) in [5, 5.41) is 3.53. The summed E-state index contributed by atoms with van der Waals surface area (Å²) in [6, 6.07) is 6.56. The SMILES string of the molecule is CN=C(NCCc1ccc2c(c1)CCO2)N1CCC(OCC2CCCO2)CC1. The van der Waals surface area contributed by atoms with E-state index in [1.165, 1.54) is 17.5 Å². The number of guanidine groups is 1. The Morgan fingerprint density at radius 1 is 1.25 bits per heavy atom. The van der Waals surface area contributed by atoms with Crippen LogP contribution in [0.5, 0.6) is 5.75 Å². The Hall–Kier alpha value is -1.79. The van der Waals surface area contributed by atoms with Crippen molar-refractivity contribution in [3.8, 4) is 5.75 Å². The van der Waals surface area contributed by atoms with Gasteiger partial charge in [-0.3, -0.25) is 4.99 Å². The third-order valence-corrected chi connectivity index (χ3v) is 5.95. The lowest BCUT2D eigenvalue weighted by Gasteiger charge is -2.34. The number of rotatable bonds is 6. The zero-order valence-corrected chi connectivity index (χ0v) is 17.0. The minimum absolute atomic E-state index is 0.318. The zero-order valence-electron chi connectivity index (χ0n) is 17.0. The van der Waals surface area contributed by atoms with Gasteiger partial charge >= 0.3 is 0 Å². The highest BCUT2D eigenvalue weighted by Crippen LogP contribution is 2.26. The molecule has 154 valence electrons. The van der Waals surface area contributed by atoms with E-state index >= 15 is 0 Å². The quantitative estimate of drug-likeness (QED) is 0.600. The molecule has 28 heavy (non-hydrogen) atoms. The molecule has 3 aliphatic rings. The number of ether oxygens (including phenoxy) is 3. The Balaban J connectivity index is 1.17. The second kappa shape index (κ2) is 9.61. The molecule has 2 fully saturated rings. The fourth-order valence-corrected chi connectivity index (χ4v) is 4.30. The van der Waals surface area contributed by atoms with Crippen LogP contribution in [0.2, 0.25) is 0 Å². The highest BCUT2D eigenvalue weighted by molar-refractivity contribution is 5.80. The molecule has 0 saturated carbocycles. The molecule has 2 saturated heterocycles. The van der Waals surface area contributed by atoms with Crippen LogP contribution < -0.4 is 10.1 Å². The summed E-state index contributed by atoms with van der Waals surface area (Å²) in [7, 11) is 1.87. The molecule has 4 rings (SSSR count). The van der Waals surface area contributed by atoms with Crippen LogP contribution in [-0.4, -0.2) is 69.6 Å². The van der Waals surface area contributed by atoms with Gasteiger partial charge in [-0.15, -0.1) is 0 Å². The Kier molecular flexibility index (Phi) is 6.70. The van der Waals surface area contributed by atoms with Crippen molar-refractivity contribution in [1.82, 2.24) is 10.2 Å². The first-order valence-electron chi connectivity index (χ1n) is 10.8. The lowest BCUT2D eigenvalue weighted by Crippen LogP contribution is -2.47. The van der Waals surface area contributed by atoms with Crippen molar-refractivity contribution in [2.75, 3.05) is 46.5 Å². The highest BCUT2D eigenvalue weighted by Gasteiger charge is 2.24. The van der Waals surface area contributed by atoms with E-state index in [1.807, 2.05) is 7.05 Å². The maximum atomic E-state index is 6.08. The van der Waals surface area contributed by atoms with Crippen LogP contribution in [0, 0.1) is 0 Å². The van der Waals surface area contributed by atoms with Gasteiger partial charge in [-0.2, -0.15) is 0 Å². The van der Waals surface area contributed by atoms with Gasteiger partial charge in [0.15, 0.2) is 5.96 Å². The Morgan fingerprint density at radius 2 is 2.14 bits per heavy atom. The molecule has 0 bridgehead atoms. The summed E-state index contributed by atoms with van der Waals surface area (Å²) < 4.78 is 17.3. The van der Waals surface area contributed by atoms with Crippen LogP contribution in [-0.2, 0) is 22.3 Å². The summed E-state index contributed by atoms with van der Waals surface area (Å²) >= 11 is 0. The standard InChI is InChI=1S/C22H33N3O3/c1-23-22(24-10-6-17-4-5-21-18(15-17)9-14-27-21)25-11-7-19(8-12-25)28-16-20-3-2-13-26-20/h4-5,15,19-20H,2-3,6-14,16H2,1H3,(H,23,24). The molecule has 1 aromatic carbocycles. The van der Waals surface area contributed by atoms with E-state index < -0.39 is 0 Å². The Bertz CT molecular complexity index is 665. The minimum Gasteiger partial charge on any atom is -0.493 e. The second-order valence-corrected chi connectivity index (χ2v) is 7.92. The van der Waals surface area contributed by atoms with Crippen LogP contribution in [0.1, 0.15) is 36.8 Å². The van der Waals surface area contributed by atoms with Crippen molar-refractivity contribution >= 4 is 5.96 Å². The summed E-state index contributed by atoms with van der Waals surface area (Å²) in [6.45, 7) is 5.34. The number of benzene rings is 1. The first kappa shape index (κ1) is 19.5. The van der Waals surface area contributed by atoms with Gasteiger partial charge in [0.1, 0.15) is 5.75 Å². The molecule has 0 amide bonds. The molecule has 6 heteroatoms. The van der Waals surface area contributed by atoms with E-state index in [9.17, 15) is 0 Å². The van der Waals surface area contributed by atoms with E-state index in [0.29, 0.717) is 12.2 Å². The molecule has 1 aromatic rings. The fourth-order valence-electron chi connectivity index (χ4n) is 4.30. The van der Waals surface area contributed by atoms with Crippen LogP contribution in [0.15, 0.2) is 23.2 Å². The van der Waals surface area contributed by atoms with Crippen LogP contribution in [0.4, 0.5) is 0 Å². The van der Waals surface area contributed by atoms with Crippen molar-refractivity contribution < 1.29 is 14.2 Å². The van der Waals surface area contributed by atoms with Crippen LogP contribution in [0.25, 0.3) is 0 Å². The van der Waals surface area contributed by atoms with Crippen LogP contribution >= 0.6 is 0 Å². The van der Waals surface area contributed by atoms with E-state index in [-0.39, 0.29) is 0 Å². The molecule has 6 nitrogen and oxygen atoms in total. The smallest absolute Gasteiger partial charge is 0.193 e. The number of hydrogen-bond donors (Lipinski definition) is 1. The average molecular weight is 388 g/mol. The van der Waals surface area contributed by atoms with Crippen LogP contribution in [0.3, 0.4) is 0 Å². The molecular weight excluding hydrogens is 354 g/mol. The Morgan fingerprint density at radius 3 is 2.93 bits per heavy atom. The second-order valence-electron chi connectivity index (χ2n) is 7.92. The lowest BCUT2D eigenvalue weighted by atomic mass is 10.1. The molecule has 0 aromatic heterocycles. The maximum absolute atomic E-state index is 6.08. The van der Waals surface area contributed by atoms with Gasteiger partial charge in [-0.05, 0) is 49.3 Å². The molecule has 1 atom stereocenters. The molecule has 1 N–H and O–H groups in total. The topological polar surface area (TPSA) is 55.3 Å². The molecule has 0 radical (unpaired) electrons. The number of piperidine rings is 1. The number of nitrogens with zero attached hydrogens (tertiary/aromatic N) is 2. The summed E-state index contributed by atoms with van der Waals surface area (Å²) in [5.74, 6) is 2.05. The van der Waals surface area contributed by atoms with Gasteiger partial charge in [-0.1, -0.05) is 12.1 Å². The van der Waals surface area contributed by atoms with Crippen molar-refractivity contribution in [3.05, 3.63) is 29.3 Å². The largest absolute Gasteiger partial charge is 0.493 e. The number of fused-ring (bicyclic) bond motifs is 1. The highest BCUT2D eigenvalue weighted by atomic mass is 16.5. The number of likely N-dealkylation sites (tertiary alicyclic amines) is 1. The summed E-state index contributed by atoms with van der Waals surface area (Å²) in [4.78, 5) is 6.84. The van der Waals surface area contributed by atoms with Gasteiger partial charge in [0.2, 0.25) is 0 Å². The lowest BCUT2D eigenvalue weighted by molar-refractivity contribution is -0.0367. The van der Waals surface area contributed by atoms with E-state index in [4.69, 9.17) is 14.2 Å². The predicted octanol–water partition coefficient (Wildman–Crippen LogP) is 2.40. The zero-order chi connectivity index (χ0) is 19.2. The fraction of sp³-hybridized carbons (Fsp3) is 0.682. The molecule has 1 unspecified atom stereocenters. The summed E-state index contributed by atoms with van der Waals surface area (Å²) in [5.41, 5.74) is 2.69. The van der Waals surface area contributed by atoms with E-state index in [2.05, 4.69) is 33.4 Å². The van der Waals surface area contributed by atoms with Gasteiger partial charge < -0.3 is 24.4 Å². The first-order valence-corrected chi connectivity index (χ1v) is 10.8. The van der Waals surface area contributed by atoms with Crippen molar-refractivity contribution in [3.63, 3.8) is 0 Å². The summed E-state index contributed by atoms with van der Waals surface area (Å²) in [6.07, 6.45) is 7.12. The third-order valence-electron chi connectivity index (χ3n) is 5.95. The van der Waals surface area contributed by atoms with Crippen molar-refractivity contribution in [2.45, 2.75) is 50.7 Å². The van der Waals surface area contributed by atoms with Gasteiger partial charge in [0.25, 0.3) is 0 Å². The van der Waals surface area contributed by atoms with Crippen molar-refractivity contribution in [2.24, 2.45) is 4.99 Å². The molecule has 3 aliphatic heterocycles. The molecule has 3 heterocycles. The third kappa shape index (κ3) is 4.97. The predicted molar refractivity (Wildman–Crippen MR) is 110 cm³/mol. The van der Waals surface area contributed by atoms with E-state index in [1.54, 1.807) is 0 Å². The number of aliphatic imine (C=N–C) groups is 1. The molecule has 0 spiro atoms.